The van der Waals surface area contributed by atoms with Crippen molar-refractivity contribution in [3.05, 3.63) is 218 Å². The van der Waals surface area contributed by atoms with Crippen LogP contribution in [0.5, 0.6) is 46.0 Å². The Morgan fingerprint density at radius 3 is 0.913 bits per heavy atom. The van der Waals surface area contributed by atoms with Gasteiger partial charge in [0.2, 0.25) is 0 Å². The van der Waals surface area contributed by atoms with Gasteiger partial charge in [0.1, 0.15) is 46.0 Å². The van der Waals surface area contributed by atoms with E-state index in [-0.39, 0.29) is 20.1 Å². The van der Waals surface area contributed by atoms with Gasteiger partial charge in [-0.15, -0.1) is 0 Å². The third kappa shape index (κ3) is 4.92. The minimum Gasteiger partial charge on any atom is -0.458 e. The molecule has 0 N–H and O–H groups in total. The summed E-state index contributed by atoms with van der Waals surface area (Å²) < 4.78 is 38.1. The molecule has 19 aromatic rings. The van der Waals surface area contributed by atoms with Crippen LogP contribution in [0.15, 0.2) is 218 Å². The predicted molar refractivity (Wildman–Crippen MR) is 379 cm³/mol. The van der Waals surface area contributed by atoms with Gasteiger partial charge in [-0.2, -0.15) is 0 Å². The van der Waals surface area contributed by atoms with E-state index in [1.807, 2.05) is 0 Å². The molecule has 0 bridgehead atoms. The van der Waals surface area contributed by atoms with Crippen molar-refractivity contribution in [1.29, 1.82) is 0 Å². The van der Waals surface area contributed by atoms with Gasteiger partial charge in [0.25, 0.3) is 20.1 Å². The molecule has 13 aromatic carbocycles. The van der Waals surface area contributed by atoms with E-state index >= 15 is 0 Å². The molecule has 0 spiro atoms. The first-order valence-electron chi connectivity index (χ1n) is 32.0. The number of para-hydroxylation sites is 8. The minimum atomic E-state index is -0.323. The number of nitrogens with zero attached hydrogens (tertiary/aromatic N) is 5. The highest BCUT2D eigenvalue weighted by atomic mass is 16.5. The molecule has 0 fully saturated rings. The highest BCUT2D eigenvalue weighted by molar-refractivity contribution is 7.03. The fourth-order valence-corrected chi connectivity index (χ4v) is 19.3. The predicted octanol–water partition coefficient (Wildman–Crippen LogP) is 13.3. The molecule has 0 saturated heterocycles. The molecular formula is C80H42B3N5O4. The molecule has 0 amide bonds. The van der Waals surface area contributed by atoms with Gasteiger partial charge in [0, 0.05) is 97.5 Å². The smallest absolute Gasteiger partial charge is 0.260 e. The van der Waals surface area contributed by atoms with Crippen LogP contribution in [0.3, 0.4) is 0 Å². The Balaban J connectivity index is 0.814. The molecule has 0 unspecified atom stereocenters. The van der Waals surface area contributed by atoms with Gasteiger partial charge in [-0.1, -0.05) is 158 Å². The van der Waals surface area contributed by atoms with Crippen molar-refractivity contribution in [2.24, 2.45) is 0 Å². The van der Waals surface area contributed by atoms with Crippen molar-refractivity contribution in [3.63, 3.8) is 0 Å². The summed E-state index contributed by atoms with van der Waals surface area (Å²) in [6, 6.07) is 80.7. The van der Waals surface area contributed by atoms with E-state index in [4.69, 9.17) is 18.9 Å². The topological polar surface area (TPSA) is 56.6 Å². The van der Waals surface area contributed by atoms with Crippen LogP contribution in [-0.4, -0.2) is 47.4 Å². The van der Waals surface area contributed by atoms with Crippen LogP contribution in [-0.2, 0) is 0 Å². The summed E-state index contributed by atoms with van der Waals surface area (Å²) in [5.74, 6) is 6.98. The summed E-state index contributed by atoms with van der Waals surface area (Å²) in [7, 11) is 4.53. The van der Waals surface area contributed by atoms with Crippen molar-refractivity contribution in [2.45, 2.75) is 0 Å². The van der Waals surface area contributed by atoms with Gasteiger partial charge in [0.15, 0.2) is 0 Å². The molecular weight excluding hydrogens is 1130 g/mol. The Morgan fingerprint density at radius 1 is 0.261 bits per heavy atom. The first kappa shape index (κ1) is 46.4. The maximum Gasteiger partial charge on any atom is 0.260 e. The average molecular weight is 1170 g/mol. The lowest BCUT2D eigenvalue weighted by atomic mass is 9.30. The van der Waals surface area contributed by atoms with Gasteiger partial charge >= 0.3 is 0 Å². The molecule has 0 atom stereocenters. The summed E-state index contributed by atoms with van der Waals surface area (Å²) in [6.07, 6.45) is 0. The Bertz CT molecular complexity index is 6400. The van der Waals surface area contributed by atoms with E-state index in [0.29, 0.717) is 0 Å². The quantitative estimate of drug-likeness (QED) is 0.141. The Kier molecular flexibility index (Phi) is 7.70. The van der Waals surface area contributed by atoms with Crippen LogP contribution in [0.1, 0.15) is 0 Å². The van der Waals surface area contributed by atoms with Gasteiger partial charge < -0.3 is 41.9 Å². The van der Waals surface area contributed by atoms with Gasteiger partial charge in [-0.05, 0) is 92.2 Å². The number of ether oxygens (including phenoxy) is 4. The SMILES string of the molecule is CN1c2cc3c(cc2B2c4ccccc4Oc4c2c1c1c2ccccc2n2c5ccccc5c4c12)B1c2cc4c(cc2Oc2c1c(c1c5ccccc5n5c6ccccc6c2c15)O3)N(C)c1c2c(c3c5ccccc5n5c6ccccc6c1c35)Oc1ccccc1B42. The summed E-state index contributed by atoms with van der Waals surface area (Å²) >= 11 is 0. The number of hydrogen-bond acceptors (Lipinski definition) is 6. The maximum atomic E-state index is 7.91. The zero-order valence-corrected chi connectivity index (χ0v) is 49.4. The highest BCUT2D eigenvalue weighted by Crippen LogP contribution is 2.56. The van der Waals surface area contributed by atoms with Crippen LogP contribution in [0, 0.1) is 0 Å². The van der Waals surface area contributed by atoms with Crippen LogP contribution in [0.4, 0.5) is 22.7 Å². The highest BCUT2D eigenvalue weighted by Gasteiger charge is 2.51. The fraction of sp³-hybridized carbons (Fsp3) is 0.0250. The average Bonchev–Trinajstić information content (AvgIpc) is 1.36. The third-order valence-corrected chi connectivity index (χ3v) is 22.6. The largest absolute Gasteiger partial charge is 0.458 e. The molecule has 9 nitrogen and oxygen atoms in total. The molecule has 6 aliphatic rings. The van der Waals surface area contributed by atoms with Crippen molar-refractivity contribution in [3.8, 4) is 46.0 Å². The minimum absolute atomic E-state index is 0.183. The Morgan fingerprint density at radius 2 is 0.543 bits per heavy atom. The fourth-order valence-electron chi connectivity index (χ4n) is 19.3. The van der Waals surface area contributed by atoms with E-state index in [0.717, 1.165) is 145 Å². The second-order valence-electron chi connectivity index (χ2n) is 26.5. The second kappa shape index (κ2) is 15.3. The first-order valence-corrected chi connectivity index (χ1v) is 32.0. The summed E-state index contributed by atoms with van der Waals surface area (Å²) in [6.45, 7) is -0.688. The van der Waals surface area contributed by atoms with Crippen LogP contribution < -0.4 is 77.9 Å². The van der Waals surface area contributed by atoms with Gasteiger partial charge in [-0.25, -0.2) is 0 Å². The number of anilines is 4. The second-order valence-corrected chi connectivity index (χ2v) is 26.5. The van der Waals surface area contributed by atoms with Crippen LogP contribution >= 0.6 is 0 Å². The monoisotopic (exact) mass is 1170 g/mol. The van der Waals surface area contributed by atoms with Crippen LogP contribution in [0.25, 0.3) is 114 Å². The Hall–Kier alpha value is -11.7. The van der Waals surface area contributed by atoms with E-state index < -0.39 is 0 Å². The molecule has 92 heavy (non-hydrogen) atoms. The van der Waals surface area contributed by atoms with Crippen molar-refractivity contribution in [1.82, 2.24) is 13.2 Å². The van der Waals surface area contributed by atoms with E-state index in [1.54, 1.807) is 0 Å². The first-order chi connectivity index (χ1) is 45.6. The van der Waals surface area contributed by atoms with E-state index in [9.17, 15) is 0 Å². The lowest BCUT2D eigenvalue weighted by Gasteiger charge is -2.42. The maximum absolute atomic E-state index is 7.91. The van der Waals surface area contributed by atoms with Crippen molar-refractivity contribution < 1.29 is 18.9 Å². The van der Waals surface area contributed by atoms with Gasteiger partial charge in [-0.3, -0.25) is 0 Å². The number of hydrogen-bond donors (Lipinski definition) is 0. The molecule has 0 aliphatic carbocycles. The normalized spacial score (nSPS) is 14.7. The zero-order chi connectivity index (χ0) is 59.2. The lowest BCUT2D eigenvalue weighted by molar-refractivity contribution is 0.472. The van der Waals surface area contributed by atoms with E-state index in [1.165, 1.54) is 87.3 Å². The van der Waals surface area contributed by atoms with E-state index in [2.05, 4.69) is 255 Å². The number of rotatable bonds is 0. The Labute approximate surface area is 523 Å². The third-order valence-electron chi connectivity index (χ3n) is 22.6. The van der Waals surface area contributed by atoms with Crippen molar-refractivity contribution >= 4 is 206 Å². The van der Waals surface area contributed by atoms with Gasteiger partial charge in [0.05, 0.1) is 71.2 Å². The lowest BCUT2D eigenvalue weighted by Crippen LogP contribution is -2.64. The summed E-state index contributed by atoms with van der Waals surface area (Å²) in [5.41, 5.74) is 25.4. The number of aromatic nitrogens is 3. The zero-order valence-electron chi connectivity index (χ0n) is 49.4. The molecule has 25 rings (SSSR count). The molecule has 0 saturated carbocycles. The molecule has 0 radical (unpaired) electrons. The molecule has 6 aliphatic heterocycles. The molecule has 420 valence electrons. The number of benzene rings is 13. The molecule has 12 heterocycles. The van der Waals surface area contributed by atoms with Crippen LogP contribution in [0.2, 0.25) is 0 Å². The van der Waals surface area contributed by atoms with Crippen molar-refractivity contribution in [2.75, 3.05) is 23.9 Å². The standard InChI is InChI=1S/C80H42B3N5O4/c1-84-57-37-61-49(35-47(57)81-45-25-9-17-33-59(45)89-77-65-41-21-5-13-29-53(41)86-51-27-11-3-19-39(51)63(72(65)86)75(84)69(77)81)83-50-36-48-58(38-62(50)92-80-68-44-24-8-16-32-56(44)88-55-31-15-7-23-43(55)67(74(68)88)79(91-61)71(80)83)85(2)76-64-40-20-4-12-28-52(40)87-54-30-14-6-22-42(54)66(73(64)87)78-70(76)82(48)46-26-10-18-34-60(46)90-78/h3-38H,1-2H3. The summed E-state index contributed by atoms with van der Waals surface area (Å²) in [5, 5.41) is 14.1. The summed E-state index contributed by atoms with van der Waals surface area (Å²) in [4.78, 5) is 4.92. The molecule has 6 aromatic heterocycles. The number of fused-ring (bicyclic) bond motifs is 36. The molecule has 12 heteroatoms.